The van der Waals surface area contributed by atoms with Gasteiger partial charge in [0.1, 0.15) is 13.2 Å². The normalized spacial score (nSPS) is 24.8. The molecule has 1 aliphatic heterocycles. The molecule has 1 fully saturated rings. The lowest BCUT2D eigenvalue weighted by atomic mass is 9.85. The summed E-state index contributed by atoms with van der Waals surface area (Å²) in [7, 11) is 0. The standard InChI is InChI=1S/C17H25NO3/c1-2-12-5-3-4-6-15(12)21-11-13-9-16-17(10-14(13)18)20-8-7-19-16/h9-10,12,15H,2-8,11,18H2,1H3. The smallest absolute Gasteiger partial charge is 0.163 e. The van der Waals surface area contributed by atoms with Crippen molar-refractivity contribution < 1.29 is 14.2 Å². The third kappa shape index (κ3) is 3.26. The van der Waals surface area contributed by atoms with Gasteiger partial charge in [-0.15, -0.1) is 0 Å². The van der Waals surface area contributed by atoms with Gasteiger partial charge in [-0.1, -0.05) is 26.2 Å². The van der Waals surface area contributed by atoms with Crippen LogP contribution in [0.25, 0.3) is 0 Å². The molecule has 0 spiro atoms. The molecular weight excluding hydrogens is 266 g/mol. The number of nitrogens with two attached hydrogens (primary N) is 1. The van der Waals surface area contributed by atoms with Crippen molar-refractivity contribution in [3.05, 3.63) is 17.7 Å². The fraction of sp³-hybridized carbons (Fsp3) is 0.647. The number of benzene rings is 1. The Balaban J connectivity index is 1.67. The molecule has 1 aromatic carbocycles. The number of anilines is 1. The number of ether oxygens (including phenoxy) is 3. The minimum Gasteiger partial charge on any atom is -0.486 e. The van der Waals surface area contributed by atoms with Gasteiger partial charge in [0, 0.05) is 17.3 Å². The number of hydrogen-bond acceptors (Lipinski definition) is 4. The topological polar surface area (TPSA) is 53.7 Å². The van der Waals surface area contributed by atoms with Crippen molar-refractivity contribution in [2.24, 2.45) is 5.92 Å². The molecule has 1 aliphatic carbocycles. The summed E-state index contributed by atoms with van der Waals surface area (Å²) in [5.74, 6) is 2.22. The van der Waals surface area contributed by atoms with E-state index in [2.05, 4.69) is 6.92 Å². The molecule has 4 heteroatoms. The molecule has 0 aromatic heterocycles. The van der Waals surface area contributed by atoms with Crippen LogP contribution < -0.4 is 15.2 Å². The van der Waals surface area contributed by atoms with E-state index < -0.39 is 0 Å². The molecule has 2 N–H and O–H groups in total. The first kappa shape index (κ1) is 14.5. The molecule has 1 saturated carbocycles. The van der Waals surface area contributed by atoms with E-state index >= 15 is 0 Å². The lowest BCUT2D eigenvalue weighted by Gasteiger charge is -2.31. The fourth-order valence-corrected chi connectivity index (χ4v) is 3.33. The molecule has 21 heavy (non-hydrogen) atoms. The Bertz CT molecular complexity index is 489. The maximum atomic E-state index is 6.17. The lowest BCUT2D eigenvalue weighted by Crippen LogP contribution is -2.27. The number of hydrogen-bond donors (Lipinski definition) is 1. The predicted molar refractivity (Wildman–Crippen MR) is 82.7 cm³/mol. The van der Waals surface area contributed by atoms with E-state index in [4.69, 9.17) is 19.9 Å². The van der Waals surface area contributed by atoms with E-state index in [-0.39, 0.29) is 0 Å². The third-order valence-electron chi connectivity index (χ3n) is 4.62. The monoisotopic (exact) mass is 291 g/mol. The first-order valence-corrected chi connectivity index (χ1v) is 8.07. The Morgan fingerprint density at radius 1 is 1.14 bits per heavy atom. The van der Waals surface area contributed by atoms with Gasteiger partial charge in [-0.2, -0.15) is 0 Å². The Morgan fingerprint density at radius 3 is 2.62 bits per heavy atom. The highest BCUT2D eigenvalue weighted by Gasteiger charge is 2.24. The second-order valence-corrected chi connectivity index (χ2v) is 6.00. The van der Waals surface area contributed by atoms with Gasteiger partial charge in [-0.05, 0) is 24.8 Å². The largest absolute Gasteiger partial charge is 0.486 e. The summed E-state index contributed by atoms with van der Waals surface area (Å²) in [6.07, 6.45) is 6.64. The summed E-state index contributed by atoms with van der Waals surface area (Å²) in [6.45, 7) is 3.99. The van der Waals surface area contributed by atoms with Crippen LogP contribution in [0.3, 0.4) is 0 Å². The molecule has 4 nitrogen and oxygen atoms in total. The van der Waals surface area contributed by atoms with Gasteiger partial charge < -0.3 is 19.9 Å². The molecule has 2 aliphatic rings. The number of rotatable bonds is 4. The zero-order valence-corrected chi connectivity index (χ0v) is 12.8. The minimum atomic E-state index is 0.372. The van der Waals surface area contributed by atoms with Gasteiger partial charge in [0.2, 0.25) is 0 Å². The second-order valence-electron chi connectivity index (χ2n) is 6.00. The van der Waals surface area contributed by atoms with Crippen LogP contribution in [0.1, 0.15) is 44.6 Å². The van der Waals surface area contributed by atoms with Gasteiger partial charge in [-0.25, -0.2) is 0 Å². The average Bonchev–Trinajstić information content (AvgIpc) is 2.53. The first-order chi connectivity index (χ1) is 10.3. The lowest BCUT2D eigenvalue weighted by molar-refractivity contribution is -0.0220. The Kier molecular flexibility index (Phi) is 4.54. The van der Waals surface area contributed by atoms with Crippen LogP contribution in [0.5, 0.6) is 11.5 Å². The molecule has 1 aromatic rings. The van der Waals surface area contributed by atoms with Crippen LogP contribution in [0.15, 0.2) is 12.1 Å². The first-order valence-electron chi connectivity index (χ1n) is 8.07. The van der Waals surface area contributed by atoms with Crippen molar-refractivity contribution in [3.8, 4) is 11.5 Å². The van der Waals surface area contributed by atoms with E-state index in [0.717, 1.165) is 22.7 Å². The highest BCUT2D eigenvalue weighted by atomic mass is 16.6. The van der Waals surface area contributed by atoms with Crippen molar-refractivity contribution in [2.75, 3.05) is 18.9 Å². The van der Waals surface area contributed by atoms with Crippen molar-refractivity contribution in [1.82, 2.24) is 0 Å². The van der Waals surface area contributed by atoms with Crippen LogP contribution in [0.4, 0.5) is 5.69 Å². The molecule has 2 atom stereocenters. The summed E-state index contributed by atoms with van der Waals surface area (Å²) in [6, 6.07) is 3.82. The molecule has 0 saturated heterocycles. The molecule has 2 unspecified atom stereocenters. The van der Waals surface area contributed by atoms with Gasteiger partial charge in [-0.3, -0.25) is 0 Å². The molecule has 3 rings (SSSR count). The summed E-state index contributed by atoms with van der Waals surface area (Å²) < 4.78 is 17.3. The predicted octanol–water partition coefficient (Wildman–Crippen LogP) is 3.53. The minimum absolute atomic E-state index is 0.372. The molecular formula is C17H25NO3. The average molecular weight is 291 g/mol. The summed E-state index contributed by atoms with van der Waals surface area (Å²) >= 11 is 0. The Morgan fingerprint density at radius 2 is 1.86 bits per heavy atom. The van der Waals surface area contributed by atoms with E-state index in [1.165, 1.54) is 32.1 Å². The molecule has 1 heterocycles. The quantitative estimate of drug-likeness (QED) is 0.862. The third-order valence-corrected chi connectivity index (χ3v) is 4.62. The van der Waals surface area contributed by atoms with Gasteiger partial charge in [0.15, 0.2) is 11.5 Å². The summed E-state index contributed by atoms with van der Waals surface area (Å²) in [5.41, 5.74) is 7.84. The number of nitrogen functional groups attached to an aromatic ring is 1. The van der Waals surface area contributed by atoms with E-state index in [1.54, 1.807) is 0 Å². The van der Waals surface area contributed by atoms with Crippen molar-refractivity contribution in [2.45, 2.75) is 51.7 Å². The van der Waals surface area contributed by atoms with Gasteiger partial charge >= 0.3 is 0 Å². The molecule has 0 bridgehead atoms. The molecule has 116 valence electrons. The van der Waals surface area contributed by atoms with Crippen LogP contribution in [-0.4, -0.2) is 19.3 Å². The van der Waals surface area contributed by atoms with Gasteiger partial charge in [0.05, 0.1) is 12.7 Å². The Labute approximate surface area is 126 Å². The van der Waals surface area contributed by atoms with Gasteiger partial charge in [0.25, 0.3) is 0 Å². The maximum absolute atomic E-state index is 6.17. The number of fused-ring (bicyclic) bond motifs is 1. The SMILES string of the molecule is CCC1CCCCC1OCc1cc2c(cc1N)OCCO2. The molecule has 0 radical (unpaired) electrons. The van der Waals surface area contributed by atoms with Crippen LogP contribution in [0, 0.1) is 5.92 Å². The fourth-order valence-electron chi connectivity index (χ4n) is 3.33. The second kappa shape index (κ2) is 6.56. The zero-order valence-electron chi connectivity index (χ0n) is 12.8. The summed E-state index contributed by atoms with van der Waals surface area (Å²) in [5, 5.41) is 0. The highest BCUT2D eigenvalue weighted by molar-refractivity contribution is 5.58. The van der Waals surface area contributed by atoms with E-state index in [1.807, 2.05) is 12.1 Å². The van der Waals surface area contributed by atoms with Crippen molar-refractivity contribution >= 4 is 5.69 Å². The zero-order chi connectivity index (χ0) is 14.7. The Hall–Kier alpha value is -1.42. The highest BCUT2D eigenvalue weighted by Crippen LogP contribution is 2.36. The molecule has 0 amide bonds. The van der Waals surface area contributed by atoms with E-state index in [9.17, 15) is 0 Å². The van der Waals surface area contributed by atoms with E-state index in [0.29, 0.717) is 31.8 Å². The van der Waals surface area contributed by atoms with Crippen LogP contribution in [0.2, 0.25) is 0 Å². The maximum Gasteiger partial charge on any atom is 0.163 e. The summed E-state index contributed by atoms with van der Waals surface area (Å²) in [4.78, 5) is 0. The van der Waals surface area contributed by atoms with Crippen LogP contribution >= 0.6 is 0 Å². The van der Waals surface area contributed by atoms with Crippen molar-refractivity contribution in [1.29, 1.82) is 0 Å². The van der Waals surface area contributed by atoms with Crippen molar-refractivity contribution in [3.63, 3.8) is 0 Å². The van der Waals surface area contributed by atoms with Crippen LogP contribution in [-0.2, 0) is 11.3 Å².